The van der Waals surface area contributed by atoms with E-state index in [1.807, 2.05) is 24.0 Å². The number of piperidine rings is 2. The van der Waals surface area contributed by atoms with Gasteiger partial charge in [-0.3, -0.25) is 9.89 Å². The van der Waals surface area contributed by atoms with Gasteiger partial charge < -0.3 is 24.3 Å². The van der Waals surface area contributed by atoms with Gasteiger partial charge in [-0.2, -0.15) is 23.3 Å². The Balaban J connectivity index is 1.20. The minimum absolute atomic E-state index is 0.0347. The molecular formula is C39H45F3N8O2. The molecule has 52 heavy (non-hydrogen) atoms. The van der Waals surface area contributed by atoms with Gasteiger partial charge in [0.1, 0.15) is 11.3 Å². The second-order valence-electron chi connectivity index (χ2n) is 16.2. The molecule has 5 aliphatic rings. The number of aromatic nitrogens is 4. The van der Waals surface area contributed by atoms with E-state index in [4.69, 9.17) is 14.7 Å². The molecule has 6 heterocycles. The van der Waals surface area contributed by atoms with Gasteiger partial charge in [0.2, 0.25) is 11.9 Å². The molecular weight excluding hydrogens is 669 g/mol. The first-order chi connectivity index (χ1) is 24.9. The molecule has 4 aliphatic heterocycles. The van der Waals surface area contributed by atoms with E-state index in [0.29, 0.717) is 22.4 Å². The van der Waals surface area contributed by atoms with Crippen molar-refractivity contribution in [3.63, 3.8) is 0 Å². The summed E-state index contributed by atoms with van der Waals surface area (Å²) in [5, 5.41) is 8.91. The number of halogens is 3. The van der Waals surface area contributed by atoms with Gasteiger partial charge in [0.05, 0.1) is 11.7 Å². The Bertz CT molecular complexity index is 2060. The Morgan fingerprint density at radius 2 is 1.65 bits per heavy atom. The molecule has 1 N–H and O–H groups in total. The van der Waals surface area contributed by atoms with Crippen LogP contribution in [0.15, 0.2) is 37.1 Å². The quantitative estimate of drug-likeness (QED) is 0.219. The maximum Gasteiger partial charge on any atom is 0.422 e. The number of likely N-dealkylation sites (tertiary alicyclic amines) is 2. The molecule has 9 rings (SSSR count). The zero-order valence-corrected chi connectivity index (χ0v) is 29.9. The Morgan fingerprint density at radius 1 is 0.981 bits per heavy atom. The molecule has 274 valence electrons. The number of fused-ring (bicyclic) bond motifs is 2. The van der Waals surface area contributed by atoms with Crippen molar-refractivity contribution in [2.45, 2.75) is 57.5 Å². The number of hydrogen-bond acceptors (Lipinski definition) is 8. The van der Waals surface area contributed by atoms with E-state index >= 15 is 0 Å². The number of carbonyl (C=O) groups excluding carboxylic acids is 1. The zero-order valence-electron chi connectivity index (χ0n) is 29.9. The Hall–Kier alpha value is -4.39. The number of rotatable bonds is 7. The number of ether oxygens (including phenoxy) is 1. The van der Waals surface area contributed by atoms with Crippen LogP contribution >= 0.6 is 0 Å². The molecule has 2 aromatic heterocycles. The molecule has 1 saturated carbocycles. The van der Waals surface area contributed by atoms with Crippen molar-refractivity contribution in [1.29, 1.82) is 0 Å². The van der Waals surface area contributed by atoms with Crippen LogP contribution in [0, 0.1) is 17.8 Å². The summed E-state index contributed by atoms with van der Waals surface area (Å²) in [4.78, 5) is 31.4. The second kappa shape index (κ2) is 12.1. The van der Waals surface area contributed by atoms with Crippen molar-refractivity contribution in [2.75, 3.05) is 75.8 Å². The predicted molar refractivity (Wildman–Crippen MR) is 195 cm³/mol. The summed E-state index contributed by atoms with van der Waals surface area (Å²) in [6, 6.07) is 6.08. The highest BCUT2D eigenvalue weighted by atomic mass is 19.4. The summed E-state index contributed by atoms with van der Waals surface area (Å²) >= 11 is 0. The molecule has 13 heteroatoms. The van der Waals surface area contributed by atoms with E-state index in [1.54, 1.807) is 6.20 Å². The number of benzene rings is 2. The highest BCUT2D eigenvalue weighted by Crippen LogP contribution is 2.53. The second-order valence-corrected chi connectivity index (χ2v) is 16.2. The zero-order chi connectivity index (χ0) is 36.0. The largest absolute Gasteiger partial charge is 0.481 e. The van der Waals surface area contributed by atoms with Crippen LogP contribution in [0.3, 0.4) is 0 Å². The molecule has 2 spiro atoms. The fourth-order valence-electron chi connectivity index (χ4n) is 9.49. The van der Waals surface area contributed by atoms with Crippen LogP contribution < -0.4 is 14.5 Å². The van der Waals surface area contributed by atoms with Crippen LogP contribution in [0.25, 0.3) is 32.9 Å². The van der Waals surface area contributed by atoms with E-state index in [-0.39, 0.29) is 23.0 Å². The van der Waals surface area contributed by atoms with Gasteiger partial charge in [-0.15, -0.1) is 0 Å². The first-order valence-electron chi connectivity index (χ1n) is 18.5. The smallest absolute Gasteiger partial charge is 0.422 e. The van der Waals surface area contributed by atoms with E-state index < -0.39 is 12.8 Å². The minimum atomic E-state index is -4.55. The average molecular weight is 715 g/mol. The average Bonchev–Trinajstić information content (AvgIpc) is 3.84. The first-order valence-corrected chi connectivity index (χ1v) is 18.5. The molecule has 0 atom stereocenters. The Morgan fingerprint density at radius 3 is 2.29 bits per heavy atom. The van der Waals surface area contributed by atoms with Crippen LogP contribution in [0.1, 0.15) is 55.6 Å². The lowest BCUT2D eigenvalue weighted by Crippen LogP contribution is -2.61. The third-order valence-electron chi connectivity index (χ3n) is 12.4. The summed E-state index contributed by atoms with van der Waals surface area (Å²) in [5.74, 6) is 1.61. The number of carbonyl (C=O) groups is 1. The van der Waals surface area contributed by atoms with Crippen LogP contribution in [0.4, 0.5) is 24.9 Å². The van der Waals surface area contributed by atoms with Gasteiger partial charge in [-0.25, -0.2) is 4.98 Å². The maximum absolute atomic E-state index is 14.1. The van der Waals surface area contributed by atoms with Crippen LogP contribution in [-0.4, -0.2) is 108 Å². The molecule has 0 radical (unpaired) electrons. The lowest BCUT2D eigenvalue weighted by Gasteiger charge is -2.54. The SMILES string of the molecule is C=CC(=O)N1CC2(CCN(c3nc(N4CCC5(CC4)CN(C)C5)nc4c(OCC(F)(F)F)c(-c5c(C)ccc6[nH]ncc56)c(C5CC5)cc34)CC2)C1. The van der Waals surface area contributed by atoms with E-state index in [9.17, 15) is 18.0 Å². The Labute approximate surface area is 301 Å². The molecule has 1 amide bonds. The first kappa shape index (κ1) is 33.4. The topological polar surface area (TPSA) is 93.7 Å². The highest BCUT2D eigenvalue weighted by Gasteiger charge is 2.47. The van der Waals surface area contributed by atoms with Crippen molar-refractivity contribution in [1.82, 2.24) is 30.0 Å². The van der Waals surface area contributed by atoms with Crippen molar-refractivity contribution in [3.8, 4) is 16.9 Å². The van der Waals surface area contributed by atoms with Gasteiger partial charge in [-0.1, -0.05) is 12.6 Å². The Kier molecular flexibility index (Phi) is 7.77. The number of anilines is 2. The number of amides is 1. The lowest BCUT2D eigenvalue weighted by molar-refractivity contribution is -0.153. The summed E-state index contributed by atoms with van der Waals surface area (Å²) in [6.07, 6.45) is 4.29. The summed E-state index contributed by atoms with van der Waals surface area (Å²) < 4.78 is 48.3. The fourth-order valence-corrected chi connectivity index (χ4v) is 9.49. The summed E-state index contributed by atoms with van der Waals surface area (Å²) in [5.41, 5.74) is 5.00. The van der Waals surface area contributed by atoms with E-state index in [0.717, 1.165) is 130 Å². The molecule has 5 fully saturated rings. The van der Waals surface area contributed by atoms with Crippen molar-refractivity contribution in [3.05, 3.63) is 48.2 Å². The van der Waals surface area contributed by atoms with Gasteiger partial charge >= 0.3 is 6.18 Å². The van der Waals surface area contributed by atoms with Crippen LogP contribution in [0.2, 0.25) is 0 Å². The van der Waals surface area contributed by atoms with Gasteiger partial charge in [0.15, 0.2) is 12.4 Å². The minimum Gasteiger partial charge on any atom is -0.481 e. The number of aryl methyl sites for hydroxylation is 1. The maximum atomic E-state index is 14.1. The fraction of sp³-hybridized carbons (Fsp3) is 0.538. The van der Waals surface area contributed by atoms with Crippen molar-refractivity contribution >= 4 is 39.5 Å². The molecule has 10 nitrogen and oxygen atoms in total. The molecule has 0 unspecified atom stereocenters. The van der Waals surface area contributed by atoms with Gasteiger partial charge in [0, 0.05) is 74.1 Å². The number of nitrogens with zero attached hydrogens (tertiary/aromatic N) is 7. The number of aromatic amines is 1. The predicted octanol–water partition coefficient (Wildman–Crippen LogP) is 6.45. The third-order valence-corrected chi connectivity index (χ3v) is 12.4. The van der Waals surface area contributed by atoms with E-state index in [1.165, 1.54) is 6.08 Å². The standard InChI is InChI=1S/C39H45F3N8O2/c1-4-30(51)50-21-38(22-50)9-13-48(14-10-38)35-27-17-26(25-6-7-25)32(31-24(2)5-8-29-28(31)18-43-46-29)34(52-23-39(40,41)42)33(27)44-36(45-35)49-15-11-37(12-16-49)19-47(3)20-37/h4-5,8,17-18,25H,1,6-7,9-16,19-23H2,2-3H3,(H,43,46). The van der Waals surface area contributed by atoms with E-state index in [2.05, 4.69) is 44.6 Å². The number of alkyl halides is 3. The molecule has 4 aromatic rings. The lowest BCUT2D eigenvalue weighted by atomic mass is 9.72. The summed E-state index contributed by atoms with van der Waals surface area (Å²) in [7, 11) is 2.15. The molecule has 2 aromatic carbocycles. The summed E-state index contributed by atoms with van der Waals surface area (Å²) in [6.45, 7) is 10.8. The normalized spacial score (nSPS) is 21.5. The third kappa shape index (κ3) is 5.75. The van der Waals surface area contributed by atoms with Crippen molar-refractivity contribution in [2.24, 2.45) is 10.8 Å². The number of nitrogens with one attached hydrogen (secondary N) is 1. The number of H-pyrrole nitrogens is 1. The number of hydrogen-bond donors (Lipinski definition) is 1. The van der Waals surface area contributed by atoms with Crippen LogP contribution in [-0.2, 0) is 4.79 Å². The van der Waals surface area contributed by atoms with Crippen molar-refractivity contribution < 1.29 is 22.7 Å². The molecule has 4 saturated heterocycles. The molecule has 1 aliphatic carbocycles. The van der Waals surface area contributed by atoms with Crippen LogP contribution in [0.5, 0.6) is 5.75 Å². The molecule has 0 bridgehead atoms. The monoisotopic (exact) mass is 714 g/mol. The van der Waals surface area contributed by atoms with Gasteiger partial charge in [-0.05, 0) is 98.7 Å². The van der Waals surface area contributed by atoms with Gasteiger partial charge in [0.25, 0.3) is 0 Å². The highest BCUT2D eigenvalue weighted by molar-refractivity contribution is 6.06.